The van der Waals surface area contributed by atoms with E-state index in [1.807, 2.05) is 24.3 Å². The molecule has 0 atom stereocenters. The van der Waals surface area contributed by atoms with Crippen molar-refractivity contribution in [3.8, 4) is 11.1 Å². The van der Waals surface area contributed by atoms with Crippen molar-refractivity contribution < 1.29 is 0 Å². The molecule has 0 saturated heterocycles. The molecule has 0 aliphatic rings. The maximum Gasteiger partial charge on any atom is 0.190 e. The van der Waals surface area contributed by atoms with E-state index in [1.54, 1.807) is 0 Å². The highest BCUT2D eigenvalue weighted by Gasteiger charge is 2.08. The summed E-state index contributed by atoms with van der Waals surface area (Å²) in [5, 5.41) is 13.5. The Morgan fingerprint density at radius 1 is 1.05 bits per heavy atom. The fourth-order valence-corrected chi connectivity index (χ4v) is 2.13. The van der Waals surface area contributed by atoms with Crippen LogP contribution >= 0.6 is 0 Å². The lowest BCUT2D eigenvalue weighted by atomic mass is 10.0. The van der Waals surface area contributed by atoms with Crippen molar-refractivity contribution in [3.63, 3.8) is 0 Å². The molecule has 0 aliphatic carbocycles. The van der Waals surface area contributed by atoms with E-state index in [1.165, 1.54) is 11.1 Å². The van der Waals surface area contributed by atoms with Crippen molar-refractivity contribution in [3.05, 3.63) is 54.1 Å². The van der Waals surface area contributed by atoms with Gasteiger partial charge in [-0.3, -0.25) is 5.41 Å². The van der Waals surface area contributed by atoms with E-state index in [9.17, 15) is 0 Å². The molecule has 0 saturated carbocycles. The van der Waals surface area contributed by atoms with Gasteiger partial charge in [-0.2, -0.15) is 0 Å². The number of rotatable bonds is 4. The minimum Gasteiger partial charge on any atom is -0.370 e. The van der Waals surface area contributed by atoms with Gasteiger partial charge in [-0.05, 0) is 55.7 Å². The van der Waals surface area contributed by atoms with Crippen LogP contribution in [-0.2, 0) is 6.54 Å². The predicted octanol–water partition coefficient (Wildman–Crippen LogP) is 3.55. The van der Waals surface area contributed by atoms with Crippen molar-refractivity contribution in [2.75, 3.05) is 5.32 Å². The number of nitrogens with two attached hydrogens (primary N) is 1. The Balaban J connectivity index is 2.13. The second kappa shape index (κ2) is 6.62. The van der Waals surface area contributed by atoms with Gasteiger partial charge in [-0.25, -0.2) is 0 Å². The van der Waals surface area contributed by atoms with Gasteiger partial charge in [0.25, 0.3) is 0 Å². The quantitative estimate of drug-likeness (QED) is 0.515. The van der Waals surface area contributed by atoms with E-state index < -0.39 is 0 Å². The topological polar surface area (TPSA) is 73.9 Å². The zero-order valence-electron chi connectivity index (χ0n) is 13.4. The third-order valence-corrected chi connectivity index (χ3v) is 3.25. The molecule has 4 nitrogen and oxygen atoms in total. The second-order valence-corrected chi connectivity index (χ2v) is 6.42. The molecular weight excluding hydrogens is 272 g/mol. The summed E-state index contributed by atoms with van der Waals surface area (Å²) in [4.78, 5) is 0. The number of hydrogen-bond acceptors (Lipinski definition) is 2. The smallest absolute Gasteiger partial charge is 0.190 e. The average molecular weight is 296 g/mol. The standard InChI is InChI=1S/C18H24N4/c1-18(2,3)21-12-13-5-4-6-15(11-13)14-7-9-16(10-8-14)22-17(19)20/h4-11,21H,12H2,1-3H3,(H4,19,20,22). The first-order valence-corrected chi connectivity index (χ1v) is 7.39. The molecule has 2 rings (SSSR count). The molecule has 0 unspecified atom stereocenters. The molecule has 116 valence electrons. The van der Waals surface area contributed by atoms with Crippen LogP contribution in [0.5, 0.6) is 0 Å². The molecule has 0 aromatic heterocycles. The Morgan fingerprint density at radius 3 is 2.32 bits per heavy atom. The molecule has 2 aromatic carbocycles. The highest BCUT2D eigenvalue weighted by Crippen LogP contribution is 2.22. The fraction of sp³-hybridized carbons (Fsp3) is 0.278. The molecule has 4 heteroatoms. The zero-order valence-corrected chi connectivity index (χ0v) is 13.4. The summed E-state index contributed by atoms with van der Waals surface area (Å²) in [5.41, 5.74) is 9.85. The number of anilines is 1. The molecule has 0 radical (unpaired) electrons. The molecule has 0 heterocycles. The average Bonchev–Trinajstić information content (AvgIpc) is 2.45. The number of guanidine groups is 1. The van der Waals surface area contributed by atoms with E-state index >= 15 is 0 Å². The van der Waals surface area contributed by atoms with Crippen LogP contribution < -0.4 is 16.4 Å². The van der Waals surface area contributed by atoms with Gasteiger partial charge in [0, 0.05) is 17.8 Å². The minimum atomic E-state index is -0.0528. The number of benzene rings is 2. The Hall–Kier alpha value is -2.33. The van der Waals surface area contributed by atoms with Crippen molar-refractivity contribution in [1.82, 2.24) is 5.32 Å². The molecule has 22 heavy (non-hydrogen) atoms. The van der Waals surface area contributed by atoms with Crippen LogP contribution in [0.2, 0.25) is 0 Å². The van der Waals surface area contributed by atoms with Crippen LogP contribution in [0.4, 0.5) is 5.69 Å². The van der Waals surface area contributed by atoms with E-state index in [-0.39, 0.29) is 11.5 Å². The van der Waals surface area contributed by atoms with E-state index in [0.29, 0.717) is 0 Å². The Bertz CT molecular complexity index is 639. The largest absolute Gasteiger partial charge is 0.370 e. The van der Waals surface area contributed by atoms with Crippen LogP contribution in [0.15, 0.2) is 48.5 Å². The van der Waals surface area contributed by atoms with Crippen molar-refractivity contribution in [2.24, 2.45) is 5.73 Å². The summed E-state index contributed by atoms with van der Waals surface area (Å²) in [5.74, 6) is -0.0528. The monoisotopic (exact) mass is 296 g/mol. The first kappa shape index (κ1) is 16.0. The lowest BCUT2D eigenvalue weighted by molar-refractivity contribution is 0.424. The van der Waals surface area contributed by atoms with Gasteiger partial charge in [0.1, 0.15) is 0 Å². The van der Waals surface area contributed by atoms with Gasteiger partial charge < -0.3 is 16.4 Å². The summed E-state index contributed by atoms with van der Waals surface area (Å²) >= 11 is 0. The number of hydrogen-bond donors (Lipinski definition) is 4. The van der Waals surface area contributed by atoms with Crippen LogP contribution in [0.25, 0.3) is 11.1 Å². The van der Waals surface area contributed by atoms with Gasteiger partial charge in [-0.1, -0.05) is 30.3 Å². The zero-order chi connectivity index (χ0) is 16.2. The van der Waals surface area contributed by atoms with E-state index in [4.69, 9.17) is 11.1 Å². The predicted molar refractivity (Wildman–Crippen MR) is 94.0 cm³/mol. The molecule has 0 spiro atoms. The lowest BCUT2D eigenvalue weighted by Crippen LogP contribution is -2.35. The minimum absolute atomic E-state index is 0.0528. The Labute approximate surface area is 132 Å². The summed E-state index contributed by atoms with van der Waals surface area (Å²) in [6, 6.07) is 16.4. The highest BCUT2D eigenvalue weighted by atomic mass is 15.0. The Morgan fingerprint density at radius 2 is 1.73 bits per heavy atom. The normalized spacial score (nSPS) is 11.2. The van der Waals surface area contributed by atoms with E-state index in [2.05, 4.69) is 55.7 Å². The third-order valence-electron chi connectivity index (χ3n) is 3.25. The summed E-state index contributed by atoms with van der Waals surface area (Å²) in [6.07, 6.45) is 0. The molecule has 0 fully saturated rings. The maximum atomic E-state index is 7.23. The van der Waals surface area contributed by atoms with Gasteiger partial charge >= 0.3 is 0 Å². The Kier molecular flexibility index (Phi) is 4.83. The van der Waals surface area contributed by atoms with Gasteiger partial charge in [-0.15, -0.1) is 0 Å². The van der Waals surface area contributed by atoms with Crippen LogP contribution in [0.3, 0.4) is 0 Å². The molecular formula is C18H24N4. The molecule has 0 aliphatic heterocycles. The van der Waals surface area contributed by atoms with Gasteiger partial charge in [0.05, 0.1) is 0 Å². The van der Waals surface area contributed by atoms with E-state index in [0.717, 1.165) is 17.8 Å². The van der Waals surface area contributed by atoms with Crippen LogP contribution in [0.1, 0.15) is 26.3 Å². The molecule has 0 amide bonds. The summed E-state index contributed by atoms with van der Waals surface area (Å²) in [7, 11) is 0. The summed E-state index contributed by atoms with van der Waals surface area (Å²) in [6.45, 7) is 7.34. The van der Waals surface area contributed by atoms with Gasteiger partial charge in [0.15, 0.2) is 5.96 Å². The first-order chi connectivity index (χ1) is 10.3. The van der Waals surface area contributed by atoms with Crippen LogP contribution in [0, 0.1) is 5.41 Å². The second-order valence-electron chi connectivity index (χ2n) is 6.42. The lowest BCUT2D eigenvalue weighted by Gasteiger charge is -2.20. The van der Waals surface area contributed by atoms with Crippen LogP contribution in [-0.4, -0.2) is 11.5 Å². The van der Waals surface area contributed by atoms with Crippen molar-refractivity contribution in [1.29, 1.82) is 5.41 Å². The van der Waals surface area contributed by atoms with Crippen molar-refractivity contribution >= 4 is 11.6 Å². The SMILES string of the molecule is CC(C)(C)NCc1cccc(-c2ccc(NC(=N)N)cc2)c1. The maximum absolute atomic E-state index is 7.23. The molecule has 2 aromatic rings. The highest BCUT2D eigenvalue weighted by molar-refractivity contribution is 5.90. The van der Waals surface area contributed by atoms with Gasteiger partial charge in [0.2, 0.25) is 0 Å². The summed E-state index contributed by atoms with van der Waals surface area (Å²) < 4.78 is 0. The molecule has 0 bridgehead atoms. The van der Waals surface area contributed by atoms with Crippen molar-refractivity contribution in [2.45, 2.75) is 32.9 Å². The number of nitrogens with one attached hydrogen (secondary N) is 3. The fourth-order valence-electron chi connectivity index (χ4n) is 2.13. The molecule has 5 N–H and O–H groups in total. The third kappa shape index (κ3) is 4.90. The first-order valence-electron chi connectivity index (χ1n) is 7.39.